The SMILES string of the molecule is C1=NCCC1.C1=NCCO1.C1=NCCS1. The van der Waals surface area contributed by atoms with E-state index >= 15 is 0 Å². The second-order valence-electron chi connectivity index (χ2n) is 3.00. The summed E-state index contributed by atoms with van der Waals surface area (Å²) in [6.07, 6.45) is 5.96. The molecule has 0 fully saturated rings. The molecular weight excluding hydrogens is 210 g/mol. The molecule has 0 N–H and O–H groups in total. The molecule has 0 atom stereocenters. The van der Waals surface area contributed by atoms with Gasteiger partial charge in [0.25, 0.3) is 0 Å². The number of thioether (sulfide) groups is 1. The molecule has 0 amide bonds. The largest absolute Gasteiger partial charge is 0.482 e. The van der Waals surface area contributed by atoms with Crippen LogP contribution in [0.2, 0.25) is 0 Å². The summed E-state index contributed by atoms with van der Waals surface area (Å²) in [5.41, 5.74) is 1.90. The highest BCUT2D eigenvalue weighted by molar-refractivity contribution is 8.12. The van der Waals surface area contributed by atoms with Crippen molar-refractivity contribution in [2.24, 2.45) is 15.0 Å². The minimum atomic E-state index is 0.778. The maximum atomic E-state index is 4.65. The zero-order chi connectivity index (χ0) is 10.6. The standard InChI is InChI=1S/C4H7N.C3H5NO.C3H5NS/c1-2-4-5-3-1;2*1-2-5-3-4-1/h3H,1-2,4H2;2*3H,1-2H2. The third-order valence-corrected chi connectivity index (χ3v) is 2.44. The fourth-order valence-corrected chi connectivity index (χ4v) is 1.51. The second-order valence-corrected chi connectivity index (χ2v) is 3.95. The summed E-state index contributed by atoms with van der Waals surface area (Å²) in [7, 11) is 0. The van der Waals surface area contributed by atoms with Crippen molar-refractivity contribution in [3.63, 3.8) is 0 Å². The van der Waals surface area contributed by atoms with Crippen molar-refractivity contribution in [1.29, 1.82) is 0 Å². The van der Waals surface area contributed by atoms with Crippen molar-refractivity contribution in [2.45, 2.75) is 12.8 Å². The molecule has 0 aromatic heterocycles. The van der Waals surface area contributed by atoms with E-state index < -0.39 is 0 Å². The molecule has 3 aliphatic heterocycles. The summed E-state index contributed by atoms with van der Waals surface area (Å²) in [6, 6.07) is 0. The third-order valence-electron chi connectivity index (χ3n) is 1.72. The van der Waals surface area contributed by atoms with Crippen LogP contribution < -0.4 is 0 Å². The molecule has 0 unspecified atom stereocenters. The molecule has 0 aromatic carbocycles. The lowest BCUT2D eigenvalue weighted by molar-refractivity contribution is 0.361. The highest BCUT2D eigenvalue weighted by atomic mass is 32.2. The van der Waals surface area contributed by atoms with Gasteiger partial charge in [0.05, 0.1) is 12.1 Å². The molecule has 3 heterocycles. The second kappa shape index (κ2) is 9.71. The smallest absolute Gasteiger partial charge is 0.169 e. The number of rotatable bonds is 0. The van der Waals surface area contributed by atoms with Crippen molar-refractivity contribution in [2.75, 3.05) is 32.0 Å². The first-order valence-corrected chi connectivity index (χ1v) is 6.23. The fourth-order valence-electron chi connectivity index (χ4n) is 0.983. The molecule has 0 radical (unpaired) electrons. The summed E-state index contributed by atoms with van der Waals surface area (Å²) in [5, 5.41) is 0. The minimum absolute atomic E-state index is 0.778. The Morgan fingerprint density at radius 2 is 2.07 bits per heavy atom. The van der Waals surface area contributed by atoms with E-state index in [2.05, 4.69) is 19.7 Å². The Kier molecular flexibility index (Phi) is 7.91. The highest BCUT2D eigenvalue weighted by Gasteiger charge is 1.86. The van der Waals surface area contributed by atoms with Crippen LogP contribution in [-0.2, 0) is 4.74 Å². The van der Waals surface area contributed by atoms with Gasteiger partial charge in [0.1, 0.15) is 6.61 Å². The van der Waals surface area contributed by atoms with Crippen LogP contribution >= 0.6 is 11.8 Å². The van der Waals surface area contributed by atoms with Crippen molar-refractivity contribution in [3.05, 3.63) is 0 Å². The van der Waals surface area contributed by atoms with Crippen LogP contribution in [0.4, 0.5) is 0 Å². The Labute approximate surface area is 94.9 Å². The van der Waals surface area contributed by atoms with Gasteiger partial charge in [-0.25, -0.2) is 0 Å². The molecule has 3 aliphatic rings. The molecule has 0 aromatic rings. The molecule has 0 saturated heterocycles. The van der Waals surface area contributed by atoms with E-state index in [0.717, 1.165) is 26.2 Å². The van der Waals surface area contributed by atoms with Crippen LogP contribution in [0.3, 0.4) is 0 Å². The lowest BCUT2D eigenvalue weighted by Gasteiger charge is -1.76. The number of nitrogens with zero attached hydrogens (tertiary/aromatic N) is 3. The van der Waals surface area contributed by atoms with Crippen LogP contribution in [-0.4, -0.2) is 50.2 Å². The number of hydrogen-bond acceptors (Lipinski definition) is 5. The monoisotopic (exact) mass is 227 g/mol. The van der Waals surface area contributed by atoms with Crippen molar-refractivity contribution in [1.82, 2.24) is 0 Å². The van der Waals surface area contributed by atoms with Gasteiger partial charge in [-0.15, -0.1) is 11.8 Å². The van der Waals surface area contributed by atoms with E-state index in [9.17, 15) is 0 Å². The molecule has 0 bridgehead atoms. The number of hydrogen-bond donors (Lipinski definition) is 0. The van der Waals surface area contributed by atoms with Gasteiger partial charge in [-0.3, -0.25) is 15.0 Å². The normalized spacial score (nSPS) is 20.3. The Balaban J connectivity index is 0.000000112. The third kappa shape index (κ3) is 8.17. The van der Waals surface area contributed by atoms with Crippen molar-refractivity contribution < 1.29 is 4.74 Å². The van der Waals surface area contributed by atoms with Crippen LogP contribution in [0.15, 0.2) is 15.0 Å². The average Bonchev–Trinajstić information content (AvgIpc) is 3.09. The Morgan fingerprint density at radius 1 is 1.07 bits per heavy atom. The van der Waals surface area contributed by atoms with Gasteiger partial charge < -0.3 is 4.74 Å². The minimum Gasteiger partial charge on any atom is -0.482 e. The first-order valence-electron chi connectivity index (χ1n) is 5.18. The summed E-state index contributed by atoms with van der Waals surface area (Å²) in [6.45, 7) is 3.73. The number of aliphatic imine (C=N–C) groups is 3. The molecule has 0 spiro atoms. The van der Waals surface area contributed by atoms with Crippen molar-refractivity contribution >= 4 is 29.9 Å². The first kappa shape index (κ1) is 12.2. The van der Waals surface area contributed by atoms with Gasteiger partial charge in [-0.1, -0.05) is 0 Å². The van der Waals surface area contributed by atoms with E-state index in [4.69, 9.17) is 0 Å². The van der Waals surface area contributed by atoms with Gasteiger partial charge >= 0.3 is 0 Å². The van der Waals surface area contributed by atoms with E-state index in [1.54, 1.807) is 11.8 Å². The summed E-state index contributed by atoms with van der Waals surface area (Å²) < 4.78 is 4.65. The maximum absolute atomic E-state index is 4.65. The Bertz CT molecular complexity index is 173. The van der Waals surface area contributed by atoms with Crippen LogP contribution in [0.25, 0.3) is 0 Å². The fraction of sp³-hybridized carbons (Fsp3) is 0.700. The topological polar surface area (TPSA) is 46.3 Å². The average molecular weight is 227 g/mol. The lowest BCUT2D eigenvalue weighted by atomic mass is 10.4. The molecule has 5 heteroatoms. The quantitative estimate of drug-likeness (QED) is 0.632. The summed E-state index contributed by atoms with van der Waals surface area (Å²) >= 11 is 1.78. The predicted molar refractivity (Wildman–Crippen MR) is 67.7 cm³/mol. The predicted octanol–water partition coefficient (Wildman–Crippen LogP) is 1.66. The summed E-state index contributed by atoms with van der Waals surface area (Å²) in [5.74, 6) is 1.19. The van der Waals surface area contributed by atoms with Crippen molar-refractivity contribution in [3.8, 4) is 0 Å². The van der Waals surface area contributed by atoms with Gasteiger partial charge in [0.2, 0.25) is 0 Å². The van der Waals surface area contributed by atoms with E-state index in [-0.39, 0.29) is 0 Å². The van der Waals surface area contributed by atoms with Crippen LogP contribution in [0.1, 0.15) is 12.8 Å². The van der Waals surface area contributed by atoms with Crippen LogP contribution in [0, 0.1) is 0 Å². The van der Waals surface area contributed by atoms with Gasteiger partial charge in [-0.2, -0.15) is 0 Å². The van der Waals surface area contributed by atoms with Gasteiger partial charge in [-0.05, 0) is 19.1 Å². The zero-order valence-electron chi connectivity index (χ0n) is 8.84. The molecular formula is C10H17N3OS. The van der Waals surface area contributed by atoms with E-state index in [1.807, 2.05) is 11.8 Å². The Morgan fingerprint density at radius 3 is 2.27 bits per heavy atom. The number of ether oxygens (including phenoxy) is 1. The van der Waals surface area contributed by atoms with E-state index in [0.29, 0.717) is 0 Å². The molecule has 3 rings (SSSR count). The lowest BCUT2D eigenvalue weighted by Crippen LogP contribution is -1.80. The summed E-state index contributed by atoms with van der Waals surface area (Å²) in [4.78, 5) is 11.6. The molecule has 15 heavy (non-hydrogen) atoms. The molecule has 0 aliphatic carbocycles. The Hall–Kier alpha value is -0.840. The zero-order valence-corrected chi connectivity index (χ0v) is 9.66. The maximum Gasteiger partial charge on any atom is 0.169 e. The molecule has 0 saturated carbocycles. The molecule has 4 nitrogen and oxygen atoms in total. The molecule has 84 valence electrons. The highest BCUT2D eigenvalue weighted by Crippen LogP contribution is 1.99. The van der Waals surface area contributed by atoms with Crippen LogP contribution in [0.5, 0.6) is 0 Å². The van der Waals surface area contributed by atoms with E-state index in [1.165, 1.54) is 25.0 Å². The van der Waals surface area contributed by atoms with Gasteiger partial charge in [0, 0.05) is 18.8 Å². The first-order chi connectivity index (χ1) is 7.50. The van der Waals surface area contributed by atoms with Gasteiger partial charge in [0.15, 0.2) is 6.40 Å².